The van der Waals surface area contributed by atoms with Gasteiger partial charge in [-0.05, 0) is 13.0 Å². The second-order valence-electron chi connectivity index (χ2n) is 2.21. The second-order valence-corrected chi connectivity index (χ2v) is 2.21. The van der Waals surface area contributed by atoms with E-state index in [-0.39, 0.29) is 12.4 Å². The van der Waals surface area contributed by atoms with Gasteiger partial charge in [-0.2, -0.15) is 0 Å². The maximum atomic E-state index is 5.22. The van der Waals surface area contributed by atoms with Gasteiger partial charge >= 0.3 is 0 Å². The summed E-state index contributed by atoms with van der Waals surface area (Å²) in [7, 11) is 0. The van der Waals surface area contributed by atoms with Gasteiger partial charge in [0.1, 0.15) is 0 Å². The van der Waals surface area contributed by atoms with Gasteiger partial charge in [-0.25, -0.2) is 0 Å². The van der Waals surface area contributed by atoms with Crippen molar-refractivity contribution in [2.24, 2.45) is 0 Å². The van der Waals surface area contributed by atoms with E-state index in [1.807, 2.05) is 0 Å². The number of hydrogen-bond acceptors (Lipinski definition) is 2. The van der Waals surface area contributed by atoms with E-state index in [0.29, 0.717) is 12.2 Å². The number of hydrogen-bond donors (Lipinski definition) is 1. The van der Waals surface area contributed by atoms with Crippen LogP contribution in [0.15, 0.2) is 0 Å². The summed E-state index contributed by atoms with van der Waals surface area (Å²) < 4.78 is 5.22. The van der Waals surface area contributed by atoms with Gasteiger partial charge in [-0.3, -0.25) is 0 Å². The standard InChI is InChI=1S/C5H9NO.ClH/c1-2-6-3-5-4(1)7-5;/h4-6H,1-3H2;1H. The first kappa shape index (κ1) is 6.33. The minimum atomic E-state index is 0. The molecule has 0 spiro atoms. The lowest BCUT2D eigenvalue weighted by atomic mass is 10.2. The van der Waals surface area contributed by atoms with Gasteiger partial charge in [0.15, 0.2) is 0 Å². The third kappa shape index (κ3) is 0.966. The van der Waals surface area contributed by atoms with Crippen LogP contribution in [0.3, 0.4) is 0 Å². The Balaban J connectivity index is 0.000000320. The average Bonchev–Trinajstić information content (AvgIpc) is 2.41. The number of piperidine rings is 1. The molecule has 0 aromatic heterocycles. The minimum Gasteiger partial charge on any atom is -0.368 e. The van der Waals surface area contributed by atoms with Gasteiger partial charge in [-0.15, -0.1) is 12.4 Å². The van der Waals surface area contributed by atoms with Crippen LogP contribution < -0.4 is 5.32 Å². The molecule has 2 fully saturated rings. The van der Waals surface area contributed by atoms with Crippen molar-refractivity contribution >= 4 is 12.4 Å². The monoisotopic (exact) mass is 135 g/mol. The van der Waals surface area contributed by atoms with Gasteiger partial charge in [0.05, 0.1) is 12.2 Å². The maximum absolute atomic E-state index is 5.22. The highest BCUT2D eigenvalue weighted by atomic mass is 35.5. The SMILES string of the molecule is C1CC2OC2CN1.Cl. The molecule has 0 radical (unpaired) electrons. The van der Waals surface area contributed by atoms with Crippen LogP contribution >= 0.6 is 12.4 Å². The van der Waals surface area contributed by atoms with Crippen LogP contribution in [0, 0.1) is 0 Å². The number of ether oxygens (including phenoxy) is 1. The Morgan fingerprint density at radius 2 is 2.25 bits per heavy atom. The summed E-state index contributed by atoms with van der Waals surface area (Å²) in [6.45, 7) is 2.24. The van der Waals surface area contributed by atoms with Crippen molar-refractivity contribution in [1.82, 2.24) is 5.32 Å². The molecule has 2 atom stereocenters. The van der Waals surface area contributed by atoms with Crippen LogP contribution in [0.25, 0.3) is 0 Å². The van der Waals surface area contributed by atoms with Crippen LogP contribution in [0.5, 0.6) is 0 Å². The molecule has 2 unspecified atom stereocenters. The summed E-state index contributed by atoms with van der Waals surface area (Å²) in [6, 6.07) is 0. The minimum absolute atomic E-state index is 0. The highest BCUT2D eigenvalue weighted by Crippen LogP contribution is 2.26. The van der Waals surface area contributed by atoms with Crippen LogP contribution in [0.4, 0.5) is 0 Å². The van der Waals surface area contributed by atoms with E-state index in [2.05, 4.69) is 5.32 Å². The largest absolute Gasteiger partial charge is 0.368 e. The number of halogens is 1. The molecule has 0 aromatic carbocycles. The zero-order valence-corrected chi connectivity index (χ0v) is 5.41. The molecule has 0 saturated carbocycles. The zero-order valence-electron chi connectivity index (χ0n) is 4.59. The molecule has 3 heteroatoms. The van der Waals surface area contributed by atoms with E-state index in [1.165, 1.54) is 6.42 Å². The third-order valence-electron chi connectivity index (χ3n) is 1.64. The highest BCUT2D eigenvalue weighted by molar-refractivity contribution is 5.85. The highest BCUT2D eigenvalue weighted by Gasteiger charge is 2.39. The molecule has 1 N–H and O–H groups in total. The molecule has 0 bridgehead atoms. The smallest absolute Gasteiger partial charge is 0.0966 e. The van der Waals surface area contributed by atoms with E-state index < -0.39 is 0 Å². The Kier molecular flexibility index (Phi) is 1.75. The van der Waals surface area contributed by atoms with Gasteiger partial charge < -0.3 is 10.1 Å². The summed E-state index contributed by atoms with van der Waals surface area (Å²) in [4.78, 5) is 0. The molecule has 2 aliphatic heterocycles. The number of epoxide rings is 1. The summed E-state index contributed by atoms with van der Waals surface area (Å²) in [5, 5.41) is 3.25. The summed E-state index contributed by atoms with van der Waals surface area (Å²) in [5.74, 6) is 0. The first-order chi connectivity index (χ1) is 3.47. The molecule has 0 aromatic rings. The second kappa shape index (κ2) is 2.21. The van der Waals surface area contributed by atoms with E-state index >= 15 is 0 Å². The van der Waals surface area contributed by atoms with Crippen molar-refractivity contribution in [2.75, 3.05) is 13.1 Å². The zero-order chi connectivity index (χ0) is 4.69. The van der Waals surface area contributed by atoms with Crippen molar-refractivity contribution in [1.29, 1.82) is 0 Å². The predicted molar refractivity (Wildman–Crippen MR) is 33.4 cm³/mol. The Hall–Kier alpha value is 0.210. The van der Waals surface area contributed by atoms with E-state index in [0.717, 1.165) is 13.1 Å². The number of nitrogens with one attached hydrogen (secondary N) is 1. The van der Waals surface area contributed by atoms with Crippen molar-refractivity contribution in [2.45, 2.75) is 18.6 Å². The lowest BCUT2D eigenvalue weighted by molar-refractivity contribution is 0.379. The quantitative estimate of drug-likeness (QED) is 0.479. The van der Waals surface area contributed by atoms with Gasteiger partial charge in [0.2, 0.25) is 0 Å². The first-order valence-corrected chi connectivity index (χ1v) is 2.83. The lowest BCUT2D eigenvalue weighted by Gasteiger charge is -2.03. The van der Waals surface area contributed by atoms with Gasteiger partial charge in [-0.1, -0.05) is 0 Å². The van der Waals surface area contributed by atoms with Crippen molar-refractivity contribution < 1.29 is 4.74 Å². The maximum Gasteiger partial charge on any atom is 0.0966 e. The van der Waals surface area contributed by atoms with E-state index in [1.54, 1.807) is 0 Å². The molecule has 48 valence electrons. The normalized spacial score (nSPS) is 42.0. The molecule has 0 aliphatic carbocycles. The van der Waals surface area contributed by atoms with Crippen LogP contribution in [-0.2, 0) is 4.74 Å². The van der Waals surface area contributed by atoms with E-state index in [9.17, 15) is 0 Å². The molecular formula is C5H10ClNO. The van der Waals surface area contributed by atoms with Crippen molar-refractivity contribution in [3.63, 3.8) is 0 Å². The molecule has 2 heterocycles. The lowest BCUT2D eigenvalue weighted by Crippen LogP contribution is -2.28. The van der Waals surface area contributed by atoms with E-state index in [4.69, 9.17) is 4.74 Å². The molecule has 0 amide bonds. The van der Waals surface area contributed by atoms with Gasteiger partial charge in [0, 0.05) is 6.54 Å². The van der Waals surface area contributed by atoms with Crippen molar-refractivity contribution in [3.8, 4) is 0 Å². The molecule has 2 rings (SSSR count). The van der Waals surface area contributed by atoms with Gasteiger partial charge in [0.25, 0.3) is 0 Å². The Morgan fingerprint density at radius 1 is 1.38 bits per heavy atom. The fourth-order valence-electron chi connectivity index (χ4n) is 1.10. The Morgan fingerprint density at radius 3 is 2.75 bits per heavy atom. The fraction of sp³-hybridized carbons (Fsp3) is 1.00. The van der Waals surface area contributed by atoms with Crippen LogP contribution in [0.1, 0.15) is 6.42 Å². The fourth-order valence-corrected chi connectivity index (χ4v) is 1.10. The average molecular weight is 136 g/mol. The topological polar surface area (TPSA) is 24.6 Å². The third-order valence-corrected chi connectivity index (χ3v) is 1.64. The summed E-state index contributed by atoms with van der Waals surface area (Å²) in [5.41, 5.74) is 0. The summed E-state index contributed by atoms with van der Waals surface area (Å²) >= 11 is 0. The molecule has 8 heavy (non-hydrogen) atoms. The number of fused-ring (bicyclic) bond motifs is 1. The van der Waals surface area contributed by atoms with Crippen LogP contribution in [-0.4, -0.2) is 25.3 Å². The predicted octanol–water partition coefficient (Wildman–Crippen LogP) is 0.169. The number of rotatable bonds is 0. The van der Waals surface area contributed by atoms with Crippen LogP contribution in [0.2, 0.25) is 0 Å². The van der Waals surface area contributed by atoms with Crippen molar-refractivity contribution in [3.05, 3.63) is 0 Å². The molecule has 2 saturated heterocycles. The summed E-state index contributed by atoms with van der Waals surface area (Å²) in [6.07, 6.45) is 2.46. The molecule has 2 nitrogen and oxygen atoms in total. The Labute approximate surface area is 55.0 Å². The molecular weight excluding hydrogens is 126 g/mol. The Bertz CT molecular complexity index is 78.5. The molecule has 2 aliphatic rings. The first-order valence-electron chi connectivity index (χ1n) is 2.83.